The molecule has 5 N–H and O–H groups in total. The third-order valence-electron chi connectivity index (χ3n) is 2.98. The number of carbonyl (C=O) groups is 2. The average Bonchev–Trinajstić information content (AvgIpc) is 2.56. The van der Waals surface area contributed by atoms with Gasteiger partial charge in [0.05, 0.1) is 0 Å². The summed E-state index contributed by atoms with van der Waals surface area (Å²) in [5, 5.41) is 19.7. The zero-order valence-corrected chi connectivity index (χ0v) is 12.4. The number of carboxylic acid groups (broad SMARTS) is 1. The summed E-state index contributed by atoms with van der Waals surface area (Å²) in [6.45, 7) is 0.224. The van der Waals surface area contributed by atoms with Gasteiger partial charge in [-0.25, -0.2) is 4.79 Å². The predicted octanol–water partition coefficient (Wildman–Crippen LogP) is 1.07. The Hall–Kier alpha value is -2.93. The molecule has 0 aliphatic carbocycles. The highest BCUT2D eigenvalue weighted by Gasteiger charge is 2.10. The Morgan fingerprint density at radius 2 is 2.00 bits per heavy atom. The third-order valence-corrected chi connectivity index (χ3v) is 2.98. The van der Waals surface area contributed by atoms with E-state index in [0.717, 1.165) is 16.7 Å². The van der Waals surface area contributed by atoms with Gasteiger partial charge in [0.2, 0.25) is 0 Å². The lowest BCUT2D eigenvalue weighted by atomic mass is 10.00. The lowest BCUT2D eigenvalue weighted by Crippen LogP contribution is -2.30. The number of aliphatic hydroxyl groups is 1. The Morgan fingerprint density at radius 1 is 1.30 bits per heavy atom. The number of primary amides is 1. The Kier molecular flexibility index (Phi) is 7.81. The first-order chi connectivity index (χ1) is 11.1. The summed E-state index contributed by atoms with van der Waals surface area (Å²) < 4.78 is 0. The second kappa shape index (κ2) is 9.91. The number of hydrogen-bond acceptors (Lipinski definition) is 4. The molecular weight excluding hydrogens is 298 g/mol. The average molecular weight is 317 g/mol. The van der Waals surface area contributed by atoms with Gasteiger partial charge in [-0.3, -0.25) is 9.78 Å². The summed E-state index contributed by atoms with van der Waals surface area (Å²) in [6.07, 6.45) is 3.28. The molecule has 0 saturated carbocycles. The van der Waals surface area contributed by atoms with Crippen molar-refractivity contribution < 1.29 is 19.8 Å². The monoisotopic (exact) mass is 317 g/mol. The van der Waals surface area contributed by atoms with Crippen LogP contribution in [0.3, 0.4) is 0 Å². The van der Waals surface area contributed by atoms with Crippen molar-refractivity contribution in [3.8, 4) is 0 Å². The fourth-order valence-corrected chi connectivity index (χ4v) is 1.98. The summed E-state index contributed by atoms with van der Waals surface area (Å²) in [4.78, 5) is 23.0. The van der Waals surface area contributed by atoms with Crippen LogP contribution in [0.5, 0.6) is 0 Å². The minimum absolute atomic E-state index is 0.250. The lowest BCUT2D eigenvalue weighted by Gasteiger charge is -2.12. The van der Waals surface area contributed by atoms with Crippen molar-refractivity contribution in [1.29, 1.82) is 0 Å². The number of carbonyl (C=O) groups excluding carboxylic acids is 1. The molecule has 122 valence electrons. The van der Waals surface area contributed by atoms with E-state index in [9.17, 15) is 9.90 Å². The Balaban J connectivity index is 0.000000816. The lowest BCUT2D eigenvalue weighted by molar-refractivity contribution is -0.122. The fourth-order valence-electron chi connectivity index (χ4n) is 1.98. The molecule has 2 rings (SSSR count). The highest BCUT2D eigenvalue weighted by Crippen LogP contribution is 2.21. The van der Waals surface area contributed by atoms with E-state index in [2.05, 4.69) is 10.3 Å². The maximum atomic E-state index is 10.6. The molecule has 0 radical (unpaired) electrons. The highest BCUT2D eigenvalue weighted by atomic mass is 16.3. The van der Waals surface area contributed by atoms with E-state index in [4.69, 9.17) is 15.6 Å². The molecule has 0 spiro atoms. The first-order valence-electron chi connectivity index (χ1n) is 6.86. The molecule has 7 heteroatoms. The maximum absolute atomic E-state index is 10.6. The third kappa shape index (κ3) is 6.58. The standard InChI is InChI=1S/C15H17N3O2.CH2O2/c16-15(20)18-8-6-11-3-1-4-12(9-11)14(19)13-5-2-7-17-10-13;2-1-3/h1-5,7,9-10,14,19H,6,8H2,(H3,16,18,20);1H,(H,2,3). The number of aliphatic hydroxyl groups excluding tert-OH is 1. The van der Waals surface area contributed by atoms with Crippen molar-refractivity contribution >= 4 is 12.5 Å². The Bertz CT molecular complexity index is 620. The van der Waals surface area contributed by atoms with Gasteiger partial charge in [0.15, 0.2) is 0 Å². The van der Waals surface area contributed by atoms with Crippen molar-refractivity contribution in [2.24, 2.45) is 5.73 Å². The van der Waals surface area contributed by atoms with Gasteiger partial charge in [-0.2, -0.15) is 0 Å². The molecule has 1 aromatic carbocycles. The van der Waals surface area contributed by atoms with Gasteiger partial charge in [0.1, 0.15) is 6.10 Å². The number of benzene rings is 1. The van der Waals surface area contributed by atoms with E-state index < -0.39 is 12.1 Å². The maximum Gasteiger partial charge on any atom is 0.312 e. The molecule has 7 nitrogen and oxygen atoms in total. The Morgan fingerprint density at radius 3 is 2.61 bits per heavy atom. The molecule has 0 saturated heterocycles. The van der Waals surface area contributed by atoms with Crippen molar-refractivity contribution in [2.45, 2.75) is 12.5 Å². The van der Waals surface area contributed by atoms with Crippen molar-refractivity contribution in [3.63, 3.8) is 0 Å². The van der Waals surface area contributed by atoms with Gasteiger partial charge in [-0.15, -0.1) is 0 Å². The van der Waals surface area contributed by atoms with Crippen LogP contribution in [0.25, 0.3) is 0 Å². The first-order valence-corrected chi connectivity index (χ1v) is 6.86. The number of nitrogens with zero attached hydrogens (tertiary/aromatic N) is 1. The zero-order valence-electron chi connectivity index (χ0n) is 12.4. The number of rotatable bonds is 5. The SMILES string of the molecule is NC(=O)NCCc1cccc(C(O)c2cccnc2)c1.O=CO. The summed E-state index contributed by atoms with van der Waals surface area (Å²) in [7, 11) is 0. The van der Waals surface area contributed by atoms with Crippen LogP contribution in [0, 0.1) is 0 Å². The second-order valence-corrected chi connectivity index (χ2v) is 4.58. The molecule has 0 bridgehead atoms. The fraction of sp³-hybridized carbons (Fsp3) is 0.188. The molecule has 1 aromatic heterocycles. The topological polar surface area (TPSA) is 126 Å². The van der Waals surface area contributed by atoms with Gasteiger partial charge in [0.25, 0.3) is 6.47 Å². The highest BCUT2D eigenvalue weighted by molar-refractivity contribution is 5.71. The van der Waals surface area contributed by atoms with Crippen LogP contribution in [0.4, 0.5) is 4.79 Å². The second-order valence-electron chi connectivity index (χ2n) is 4.58. The predicted molar refractivity (Wildman–Crippen MR) is 84.7 cm³/mol. The molecule has 1 heterocycles. The van der Waals surface area contributed by atoms with Crippen LogP contribution >= 0.6 is 0 Å². The van der Waals surface area contributed by atoms with E-state index in [-0.39, 0.29) is 6.47 Å². The summed E-state index contributed by atoms with van der Waals surface area (Å²) in [6, 6.07) is 10.7. The summed E-state index contributed by atoms with van der Waals surface area (Å²) in [5.74, 6) is 0. The van der Waals surface area contributed by atoms with Gasteiger partial charge in [-0.1, -0.05) is 30.3 Å². The number of hydrogen-bond donors (Lipinski definition) is 4. The van der Waals surface area contributed by atoms with Crippen molar-refractivity contribution in [1.82, 2.24) is 10.3 Å². The van der Waals surface area contributed by atoms with Crippen molar-refractivity contribution in [3.05, 3.63) is 65.5 Å². The van der Waals surface area contributed by atoms with E-state index in [1.54, 1.807) is 18.5 Å². The van der Waals surface area contributed by atoms with Gasteiger partial charge < -0.3 is 21.3 Å². The van der Waals surface area contributed by atoms with Gasteiger partial charge >= 0.3 is 6.03 Å². The molecule has 1 atom stereocenters. The number of amides is 2. The number of pyridine rings is 1. The summed E-state index contributed by atoms with van der Waals surface area (Å²) >= 11 is 0. The molecule has 0 fully saturated rings. The van der Waals surface area contributed by atoms with Crippen LogP contribution in [-0.4, -0.2) is 34.2 Å². The molecule has 23 heavy (non-hydrogen) atoms. The number of urea groups is 1. The number of aromatic nitrogens is 1. The van der Waals surface area contributed by atoms with E-state index in [0.29, 0.717) is 13.0 Å². The molecule has 0 aliphatic heterocycles. The summed E-state index contributed by atoms with van der Waals surface area (Å²) in [5.41, 5.74) is 7.59. The molecule has 1 unspecified atom stereocenters. The van der Waals surface area contributed by atoms with Crippen LogP contribution in [-0.2, 0) is 11.2 Å². The van der Waals surface area contributed by atoms with E-state index in [1.807, 2.05) is 30.3 Å². The minimum atomic E-state index is -0.701. The van der Waals surface area contributed by atoms with Gasteiger partial charge in [-0.05, 0) is 23.6 Å². The molecule has 0 aliphatic rings. The number of nitrogens with two attached hydrogens (primary N) is 1. The van der Waals surface area contributed by atoms with Crippen molar-refractivity contribution in [2.75, 3.05) is 6.54 Å². The minimum Gasteiger partial charge on any atom is -0.483 e. The van der Waals surface area contributed by atoms with E-state index in [1.165, 1.54) is 0 Å². The normalized spacial score (nSPS) is 10.8. The van der Waals surface area contributed by atoms with E-state index >= 15 is 0 Å². The smallest absolute Gasteiger partial charge is 0.312 e. The number of nitrogens with one attached hydrogen (secondary N) is 1. The molecule has 2 amide bonds. The van der Waals surface area contributed by atoms with Gasteiger partial charge in [0, 0.05) is 24.5 Å². The van der Waals surface area contributed by atoms with Crippen LogP contribution < -0.4 is 11.1 Å². The quantitative estimate of drug-likeness (QED) is 0.614. The van der Waals surface area contributed by atoms with Crippen LogP contribution in [0.1, 0.15) is 22.8 Å². The molecule has 2 aromatic rings. The first kappa shape index (κ1) is 18.1. The molecular formula is C16H19N3O4. The van der Waals surface area contributed by atoms with Crippen LogP contribution in [0.2, 0.25) is 0 Å². The van der Waals surface area contributed by atoms with Crippen LogP contribution in [0.15, 0.2) is 48.8 Å². The zero-order chi connectivity index (χ0) is 17.1. The Labute approximate surface area is 133 Å². The largest absolute Gasteiger partial charge is 0.483 e.